The molecule has 0 aromatic carbocycles. The van der Waals surface area contributed by atoms with Gasteiger partial charge in [-0.05, 0) is 13.5 Å². The normalized spacial score (nSPS) is 34.0. The summed E-state index contributed by atoms with van der Waals surface area (Å²) in [6.07, 6.45) is 0.169. The standard InChI is InChI=1S/C11H18N4O3/c1-15-2-3-17-9(6-15)10-13-11(18-14-10)8-4-7(16)5-12-8/h7-9,12,16H,2-6H2,1H3/t7-,8+,9?/m1/s1. The first-order valence-corrected chi connectivity index (χ1v) is 6.27. The van der Waals surface area contributed by atoms with Crippen LogP contribution in [0.5, 0.6) is 0 Å². The molecule has 1 aromatic rings. The highest BCUT2D eigenvalue weighted by molar-refractivity contribution is 5.00. The number of rotatable bonds is 2. The summed E-state index contributed by atoms with van der Waals surface area (Å²) >= 11 is 0. The van der Waals surface area contributed by atoms with E-state index in [1.165, 1.54) is 0 Å². The molecular formula is C11H18N4O3. The number of β-amino-alcohol motifs (C(OH)–C–C–N with tert-alkyl or cyclic N) is 1. The number of aromatic nitrogens is 2. The van der Waals surface area contributed by atoms with Gasteiger partial charge < -0.3 is 24.6 Å². The molecule has 0 spiro atoms. The van der Waals surface area contributed by atoms with Gasteiger partial charge in [-0.25, -0.2) is 0 Å². The fourth-order valence-electron chi connectivity index (χ4n) is 2.36. The Hall–Kier alpha value is -1.02. The minimum Gasteiger partial charge on any atom is -0.392 e. The lowest BCUT2D eigenvalue weighted by Crippen LogP contribution is -2.35. The Morgan fingerprint density at radius 1 is 1.50 bits per heavy atom. The summed E-state index contributed by atoms with van der Waals surface area (Å²) in [5.41, 5.74) is 0. The molecule has 3 heterocycles. The van der Waals surface area contributed by atoms with Crippen molar-refractivity contribution in [2.45, 2.75) is 24.7 Å². The predicted octanol–water partition coefficient (Wildman–Crippen LogP) is -0.532. The fraction of sp³-hybridized carbons (Fsp3) is 0.818. The lowest BCUT2D eigenvalue weighted by molar-refractivity contribution is -0.0264. The number of hydrogen-bond donors (Lipinski definition) is 2. The molecule has 1 aromatic heterocycles. The summed E-state index contributed by atoms with van der Waals surface area (Å²) < 4.78 is 10.9. The van der Waals surface area contributed by atoms with E-state index in [9.17, 15) is 5.11 Å². The predicted molar refractivity (Wildman–Crippen MR) is 61.9 cm³/mol. The van der Waals surface area contributed by atoms with Gasteiger partial charge in [-0.1, -0.05) is 5.16 Å². The molecule has 0 amide bonds. The number of aliphatic hydroxyl groups is 1. The van der Waals surface area contributed by atoms with Crippen molar-refractivity contribution >= 4 is 0 Å². The molecule has 2 saturated heterocycles. The van der Waals surface area contributed by atoms with Gasteiger partial charge in [-0.3, -0.25) is 0 Å². The first-order chi connectivity index (χ1) is 8.72. The molecular weight excluding hydrogens is 236 g/mol. The van der Waals surface area contributed by atoms with E-state index in [1.807, 2.05) is 7.05 Å². The van der Waals surface area contributed by atoms with Gasteiger partial charge in [0.2, 0.25) is 11.7 Å². The summed E-state index contributed by atoms with van der Waals surface area (Å²) in [6.45, 7) is 2.97. The van der Waals surface area contributed by atoms with E-state index in [4.69, 9.17) is 9.26 Å². The Kier molecular flexibility index (Phi) is 3.29. The van der Waals surface area contributed by atoms with Gasteiger partial charge in [0, 0.05) is 19.6 Å². The van der Waals surface area contributed by atoms with Crippen LogP contribution in [0.2, 0.25) is 0 Å². The van der Waals surface area contributed by atoms with E-state index in [0.29, 0.717) is 31.3 Å². The quantitative estimate of drug-likeness (QED) is 0.734. The second-order valence-electron chi connectivity index (χ2n) is 4.96. The number of nitrogens with one attached hydrogen (secondary N) is 1. The molecule has 2 N–H and O–H groups in total. The van der Waals surface area contributed by atoms with Gasteiger partial charge in [-0.15, -0.1) is 0 Å². The van der Waals surface area contributed by atoms with Crippen LogP contribution in [0.15, 0.2) is 4.52 Å². The number of hydrogen-bond acceptors (Lipinski definition) is 7. The van der Waals surface area contributed by atoms with Crippen LogP contribution in [0.1, 0.15) is 30.3 Å². The number of nitrogens with zero attached hydrogens (tertiary/aromatic N) is 3. The molecule has 1 unspecified atom stereocenters. The Balaban J connectivity index is 1.69. The summed E-state index contributed by atoms with van der Waals surface area (Å²) in [7, 11) is 2.05. The van der Waals surface area contributed by atoms with Crippen molar-refractivity contribution in [1.82, 2.24) is 20.4 Å². The molecule has 18 heavy (non-hydrogen) atoms. The number of likely N-dealkylation sites (N-methyl/N-ethyl adjacent to an activating group) is 1. The zero-order chi connectivity index (χ0) is 12.5. The lowest BCUT2D eigenvalue weighted by Gasteiger charge is -2.27. The Morgan fingerprint density at radius 2 is 2.39 bits per heavy atom. The third-order valence-corrected chi connectivity index (χ3v) is 3.42. The van der Waals surface area contributed by atoms with E-state index in [0.717, 1.165) is 13.1 Å². The Morgan fingerprint density at radius 3 is 3.11 bits per heavy atom. The summed E-state index contributed by atoms with van der Waals surface area (Å²) in [5.74, 6) is 1.14. The molecule has 2 aliphatic heterocycles. The van der Waals surface area contributed by atoms with Crippen molar-refractivity contribution in [3.8, 4) is 0 Å². The minimum absolute atomic E-state index is 0.0393. The van der Waals surface area contributed by atoms with Gasteiger partial charge >= 0.3 is 0 Å². The zero-order valence-electron chi connectivity index (χ0n) is 10.4. The molecule has 7 nitrogen and oxygen atoms in total. The minimum atomic E-state index is -0.331. The third kappa shape index (κ3) is 2.39. The van der Waals surface area contributed by atoms with Crippen LogP contribution in [0.25, 0.3) is 0 Å². The van der Waals surface area contributed by atoms with Gasteiger partial charge in [0.1, 0.15) is 6.10 Å². The highest BCUT2D eigenvalue weighted by atomic mass is 16.5. The molecule has 100 valence electrons. The summed E-state index contributed by atoms with van der Waals surface area (Å²) in [5, 5.41) is 16.6. The molecule has 2 aliphatic rings. The second-order valence-corrected chi connectivity index (χ2v) is 4.96. The first-order valence-electron chi connectivity index (χ1n) is 6.27. The maximum absolute atomic E-state index is 9.47. The maximum atomic E-state index is 9.47. The van der Waals surface area contributed by atoms with Gasteiger partial charge in [0.05, 0.1) is 18.8 Å². The molecule has 2 fully saturated rings. The van der Waals surface area contributed by atoms with Crippen molar-refractivity contribution in [2.24, 2.45) is 0 Å². The van der Waals surface area contributed by atoms with Crippen LogP contribution < -0.4 is 5.32 Å². The van der Waals surface area contributed by atoms with E-state index >= 15 is 0 Å². The highest BCUT2D eigenvalue weighted by Crippen LogP contribution is 2.25. The van der Waals surface area contributed by atoms with Crippen molar-refractivity contribution in [2.75, 3.05) is 33.3 Å². The van der Waals surface area contributed by atoms with Gasteiger partial charge in [-0.2, -0.15) is 4.98 Å². The SMILES string of the molecule is CN1CCOC(c2noc([C@@H]3C[C@@H](O)CN3)n2)C1. The largest absolute Gasteiger partial charge is 0.392 e. The smallest absolute Gasteiger partial charge is 0.243 e. The Bertz CT molecular complexity index is 411. The van der Waals surface area contributed by atoms with E-state index in [2.05, 4.69) is 20.4 Å². The van der Waals surface area contributed by atoms with Crippen molar-refractivity contribution in [1.29, 1.82) is 0 Å². The van der Waals surface area contributed by atoms with Crippen molar-refractivity contribution < 1.29 is 14.4 Å². The summed E-state index contributed by atoms with van der Waals surface area (Å²) in [4.78, 5) is 6.56. The third-order valence-electron chi connectivity index (χ3n) is 3.42. The topological polar surface area (TPSA) is 83.7 Å². The highest BCUT2D eigenvalue weighted by Gasteiger charge is 2.30. The van der Waals surface area contributed by atoms with Crippen LogP contribution in [0.4, 0.5) is 0 Å². The maximum Gasteiger partial charge on any atom is 0.243 e. The van der Waals surface area contributed by atoms with E-state index < -0.39 is 0 Å². The number of aliphatic hydroxyl groups excluding tert-OH is 1. The van der Waals surface area contributed by atoms with Crippen LogP contribution in [-0.4, -0.2) is 59.5 Å². The number of morpholine rings is 1. The molecule has 0 bridgehead atoms. The van der Waals surface area contributed by atoms with Gasteiger partial charge in [0.25, 0.3) is 0 Å². The average Bonchev–Trinajstić information content (AvgIpc) is 2.97. The van der Waals surface area contributed by atoms with Crippen molar-refractivity contribution in [3.63, 3.8) is 0 Å². The van der Waals surface area contributed by atoms with Crippen LogP contribution in [0.3, 0.4) is 0 Å². The molecule has 0 saturated carbocycles. The van der Waals surface area contributed by atoms with E-state index in [1.54, 1.807) is 0 Å². The monoisotopic (exact) mass is 254 g/mol. The first kappa shape index (κ1) is 12.0. The molecule has 7 heteroatoms. The van der Waals surface area contributed by atoms with Crippen molar-refractivity contribution in [3.05, 3.63) is 11.7 Å². The second kappa shape index (κ2) is 4.93. The molecule has 0 radical (unpaired) electrons. The molecule has 0 aliphatic carbocycles. The molecule has 3 atom stereocenters. The zero-order valence-corrected chi connectivity index (χ0v) is 10.4. The van der Waals surface area contributed by atoms with E-state index in [-0.39, 0.29) is 18.2 Å². The summed E-state index contributed by atoms with van der Waals surface area (Å²) in [6, 6.07) is -0.0393. The average molecular weight is 254 g/mol. The molecule has 3 rings (SSSR count). The Labute approximate surface area is 105 Å². The number of ether oxygens (including phenoxy) is 1. The lowest BCUT2D eigenvalue weighted by atomic mass is 10.2. The van der Waals surface area contributed by atoms with Crippen LogP contribution in [-0.2, 0) is 4.74 Å². The van der Waals surface area contributed by atoms with Crippen LogP contribution in [0, 0.1) is 0 Å². The van der Waals surface area contributed by atoms with Crippen LogP contribution >= 0.6 is 0 Å². The van der Waals surface area contributed by atoms with Gasteiger partial charge in [0.15, 0.2) is 0 Å². The fourth-order valence-corrected chi connectivity index (χ4v) is 2.36.